The van der Waals surface area contributed by atoms with Crippen molar-refractivity contribution in [3.63, 3.8) is 0 Å². The number of halogens is 3. The number of alkyl halides is 1. The van der Waals surface area contributed by atoms with Gasteiger partial charge in [0.05, 0.1) is 5.38 Å². The highest BCUT2D eigenvalue weighted by atomic mass is 79.9. The third-order valence-electron chi connectivity index (χ3n) is 2.34. The van der Waals surface area contributed by atoms with Crippen LogP contribution in [0, 0.1) is 0 Å². The standard InChI is InChI=1S/C13H9Br2Cl/c14-10-7-5-9(6-8-10)13(16)11-3-1-2-4-12(11)15/h1-8,13H. The highest BCUT2D eigenvalue weighted by Gasteiger charge is 2.12. The summed E-state index contributed by atoms with van der Waals surface area (Å²) in [5.74, 6) is 0. The van der Waals surface area contributed by atoms with Crippen molar-refractivity contribution in [2.75, 3.05) is 0 Å². The molecule has 0 aliphatic rings. The molecule has 2 rings (SSSR count). The van der Waals surface area contributed by atoms with Crippen LogP contribution in [0.15, 0.2) is 57.5 Å². The fourth-order valence-electron chi connectivity index (χ4n) is 1.49. The van der Waals surface area contributed by atoms with Crippen LogP contribution in [0.1, 0.15) is 16.5 Å². The number of hydrogen-bond acceptors (Lipinski definition) is 0. The molecule has 16 heavy (non-hydrogen) atoms. The van der Waals surface area contributed by atoms with E-state index in [0.717, 1.165) is 20.1 Å². The molecule has 0 saturated carbocycles. The third kappa shape index (κ3) is 2.68. The van der Waals surface area contributed by atoms with E-state index in [9.17, 15) is 0 Å². The van der Waals surface area contributed by atoms with Gasteiger partial charge in [-0.3, -0.25) is 0 Å². The van der Waals surface area contributed by atoms with Crippen molar-refractivity contribution in [1.29, 1.82) is 0 Å². The minimum atomic E-state index is -0.122. The molecule has 0 nitrogen and oxygen atoms in total. The van der Waals surface area contributed by atoms with Crippen LogP contribution >= 0.6 is 43.5 Å². The Morgan fingerprint density at radius 3 is 2.12 bits per heavy atom. The van der Waals surface area contributed by atoms with Gasteiger partial charge in [0.2, 0.25) is 0 Å². The van der Waals surface area contributed by atoms with Gasteiger partial charge in [-0.25, -0.2) is 0 Å². The second-order valence-corrected chi connectivity index (χ2v) is 5.64. The maximum Gasteiger partial charge on any atom is 0.0846 e. The number of hydrogen-bond donors (Lipinski definition) is 0. The number of rotatable bonds is 2. The second-order valence-electron chi connectivity index (χ2n) is 3.44. The van der Waals surface area contributed by atoms with Crippen molar-refractivity contribution in [1.82, 2.24) is 0 Å². The van der Waals surface area contributed by atoms with Crippen LogP contribution in [0.4, 0.5) is 0 Å². The molecule has 2 aromatic carbocycles. The quantitative estimate of drug-likeness (QED) is 0.617. The van der Waals surface area contributed by atoms with Gasteiger partial charge in [0.25, 0.3) is 0 Å². The maximum atomic E-state index is 6.44. The van der Waals surface area contributed by atoms with E-state index >= 15 is 0 Å². The third-order valence-corrected chi connectivity index (χ3v) is 4.08. The van der Waals surface area contributed by atoms with Crippen LogP contribution in [-0.2, 0) is 0 Å². The summed E-state index contributed by atoms with van der Waals surface area (Å²) in [6, 6.07) is 16.1. The molecule has 2 aromatic rings. The normalized spacial score (nSPS) is 12.4. The van der Waals surface area contributed by atoms with Crippen molar-refractivity contribution >= 4 is 43.5 Å². The smallest absolute Gasteiger partial charge is 0.0846 e. The van der Waals surface area contributed by atoms with Gasteiger partial charge in [-0.15, -0.1) is 11.6 Å². The first-order chi connectivity index (χ1) is 7.68. The fraction of sp³-hybridized carbons (Fsp3) is 0.0769. The van der Waals surface area contributed by atoms with Gasteiger partial charge in [-0.05, 0) is 29.3 Å². The Balaban J connectivity index is 2.35. The van der Waals surface area contributed by atoms with Gasteiger partial charge in [0.1, 0.15) is 0 Å². The minimum Gasteiger partial charge on any atom is -0.113 e. The Labute approximate surface area is 117 Å². The largest absolute Gasteiger partial charge is 0.113 e. The topological polar surface area (TPSA) is 0 Å². The van der Waals surface area contributed by atoms with Crippen LogP contribution in [0.3, 0.4) is 0 Å². The van der Waals surface area contributed by atoms with E-state index in [-0.39, 0.29) is 5.38 Å². The van der Waals surface area contributed by atoms with Crippen molar-refractivity contribution in [2.24, 2.45) is 0 Å². The summed E-state index contributed by atoms with van der Waals surface area (Å²) in [6.45, 7) is 0. The van der Waals surface area contributed by atoms with Gasteiger partial charge in [0.15, 0.2) is 0 Å². The predicted molar refractivity (Wildman–Crippen MR) is 76.0 cm³/mol. The molecule has 1 unspecified atom stereocenters. The highest BCUT2D eigenvalue weighted by Crippen LogP contribution is 2.33. The molecule has 0 radical (unpaired) electrons. The maximum absolute atomic E-state index is 6.44. The second kappa shape index (κ2) is 5.35. The summed E-state index contributed by atoms with van der Waals surface area (Å²) in [6.07, 6.45) is 0. The molecular formula is C13H9Br2Cl. The molecule has 0 aromatic heterocycles. The number of benzene rings is 2. The Hall–Kier alpha value is -0.310. The molecule has 0 saturated heterocycles. The lowest BCUT2D eigenvalue weighted by molar-refractivity contribution is 1.13. The van der Waals surface area contributed by atoms with E-state index < -0.39 is 0 Å². The van der Waals surface area contributed by atoms with Gasteiger partial charge < -0.3 is 0 Å². The Kier molecular flexibility index (Phi) is 4.06. The van der Waals surface area contributed by atoms with Crippen LogP contribution in [0.2, 0.25) is 0 Å². The SMILES string of the molecule is ClC(c1ccc(Br)cc1)c1ccccc1Br. The predicted octanol–water partition coefficient (Wildman–Crippen LogP) is 5.54. The zero-order valence-corrected chi connectivity index (χ0v) is 12.3. The molecule has 0 fully saturated rings. The van der Waals surface area contributed by atoms with Crippen LogP contribution in [-0.4, -0.2) is 0 Å². The van der Waals surface area contributed by atoms with E-state index in [0.29, 0.717) is 0 Å². The Morgan fingerprint density at radius 1 is 0.875 bits per heavy atom. The summed E-state index contributed by atoms with van der Waals surface area (Å²) in [7, 11) is 0. The molecule has 0 N–H and O–H groups in total. The van der Waals surface area contributed by atoms with Gasteiger partial charge in [-0.1, -0.05) is 62.2 Å². The Bertz CT molecular complexity index is 480. The first-order valence-corrected chi connectivity index (χ1v) is 6.84. The molecular weight excluding hydrogens is 351 g/mol. The van der Waals surface area contributed by atoms with Crippen molar-refractivity contribution in [3.05, 3.63) is 68.6 Å². The molecule has 3 heteroatoms. The summed E-state index contributed by atoms with van der Waals surface area (Å²) in [5, 5.41) is -0.122. The van der Waals surface area contributed by atoms with E-state index in [4.69, 9.17) is 11.6 Å². The lowest BCUT2D eigenvalue weighted by Gasteiger charge is -2.12. The molecule has 0 heterocycles. The lowest BCUT2D eigenvalue weighted by Crippen LogP contribution is -1.93. The molecule has 0 bridgehead atoms. The van der Waals surface area contributed by atoms with E-state index in [1.807, 2.05) is 48.5 Å². The Morgan fingerprint density at radius 2 is 1.50 bits per heavy atom. The minimum absolute atomic E-state index is 0.122. The van der Waals surface area contributed by atoms with Crippen LogP contribution < -0.4 is 0 Å². The molecule has 0 spiro atoms. The zero-order chi connectivity index (χ0) is 11.5. The van der Waals surface area contributed by atoms with E-state index in [1.165, 1.54) is 0 Å². The van der Waals surface area contributed by atoms with E-state index in [2.05, 4.69) is 31.9 Å². The molecule has 0 aliphatic heterocycles. The fourth-order valence-corrected chi connectivity index (χ4v) is 2.74. The molecule has 82 valence electrons. The van der Waals surface area contributed by atoms with Gasteiger partial charge in [-0.2, -0.15) is 0 Å². The van der Waals surface area contributed by atoms with Crippen molar-refractivity contribution in [3.8, 4) is 0 Å². The zero-order valence-electron chi connectivity index (χ0n) is 8.33. The van der Waals surface area contributed by atoms with Gasteiger partial charge in [0, 0.05) is 8.95 Å². The van der Waals surface area contributed by atoms with E-state index in [1.54, 1.807) is 0 Å². The average Bonchev–Trinajstić information content (AvgIpc) is 2.30. The first-order valence-electron chi connectivity index (χ1n) is 4.82. The van der Waals surface area contributed by atoms with Crippen molar-refractivity contribution in [2.45, 2.75) is 5.38 Å². The monoisotopic (exact) mass is 358 g/mol. The summed E-state index contributed by atoms with van der Waals surface area (Å²) in [5.41, 5.74) is 2.18. The summed E-state index contributed by atoms with van der Waals surface area (Å²) >= 11 is 13.4. The summed E-state index contributed by atoms with van der Waals surface area (Å²) in [4.78, 5) is 0. The highest BCUT2D eigenvalue weighted by molar-refractivity contribution is 9.10. The van der Waals surface area contributed by atoms with Crippen LogP contribution in [0.5, 0.6) is 0 Å². The molecule has 1 atom stereocenters. The average molecular weight is 360 g/mol. The first kappa shape index (κ1) is 12.2. The molecule has 0 aliphatic carbocycles. The lowest BCUT2D eigenvalue weighted by atomic mass is 10.0. The van der Waals surface area contributed by atoms with Crippen molar-refractivity contribution < 1.29 is 0 Å². The summed E-state index contributed by atoms with van der Waals surface area (Å²) < 4.78 is 2.10. The van der Waals surface area contributed by atoms with Crippen LogP contribution in [0.25, 0.3) is 0 Å². The van der Waals surface area contributed by atoms with Gasteiger partial charge >= 0.3 is 0 Å². The molecule has 0 amide bonds.